The summed E-state index contributed by atoms with van der Waals surface area (Å²) in [5.41, 5.74) is 0.362. The van der Waals surface area contributed by atoms with Crippen molar-refractivity contribution in [3.05, 3.63) is 52.4 Å². The van der Waals surface area contributed by atoms with Gasteiger partial charge in [-0.05, 0) is 23.8 Å². The Morgan fingerprint density at radius 1 is 1.10 bits per heavy atom. The molecule has 1 aromatic carbocycles. The number of rotatable bonds is 8. The summed E-state index contributed by atoms with van der Waals surface area (Å²) in [6.07, 6.45) is 1.21. The van der Waals surface area contributed by atoms with Crippen LogP contribution in [0.15, 0.2) is 46.2 Å². The SMILES string of the molecule is CCN(CC)S(=O)(=O)c1ccc(=O)n(CC(=O)NCc2ccc3c(c2)OCCO3)c1. The number of aromatic nitrogens is 1. The largest absolute Gasteiger partial charge is 0.486 e. The van der Waals surface area contributed by atoms with Crippen LogP contribution in [0, 0.1) is 0 Å². The van der Waals surface area contributed by atoms with Crippen LogP contribution in [0.4, 0.5) is 0 Å². The smallest absolute Gasteiger partial charge is 0.251 e. The number of benzene rings is 1. The zero-order valence-electron chi connectivity index (χ0n) is 17.0. The molecule has 0 atom stereocenters. The van der Waals surface area contributed by atoms with Crippen molar-refractivity contribution in [1.82, 2.24) is 14.2 Å². The van der Waals surface area contributed by atoms with E-state index in [9.17, 15) is 18.0 Å². The van der Waals surface area contributed by atoms with E-state index in [2.05, 4.69) is 5.32 Å². The number of pyridine rings is 1. The van der Waals surface area contributed by atoms with Gasteiger partial charge in [-0.15, -0.1) is 0 Å². The maximum Gasteiger partial charge on any atom is 0.251 e. The molecule has 9 nitrogen and oxygen atoms in total. The lowest BCUT2D eigenvalue weighted by atomic mass is 10.2. The summed E-state index contributed by atoms with van der Waals surface area (Å²) in [5, 5.41) is 2.73. The molecule has 0 saturated heterocycles. The van der Waals surface area contributed by atoms with Crippen molar-refractivity contribution in [3.8, 4) is 11.5 Å². The molecular formula is C20H25N3O6S. The third kappa shape index (κ3) is 4.82. The number of fused-ring (bicyclic) bond motifs is 1. The molecule has 1 aromatic heterocycles. The molecule has 0 aliphatic carbocycles. The van der Waals surface area contributed by atoms with Gasteiger partial charge in [0.1, 0.15) is 19.8 Å². The number of hydrogen-bond donors (Lipinski definition) is 1. The number of hydrogen-bond acceptors (Lipinski definition) is 6. The molecule has 3 rings (SSSR count). The van der Waals surface area contributed by atoms with E-state index in [1.807, 2.05) is 6.07 Å². The normalized spacial score (nSPS) is 13.3. The number of carbonyl (C=O) groups excluding carboxylic acids is 1. The monoisotopic (exact) mass is 435 g/mol. The molecule has 1 N–H and O–H groups in total. The van der Waals surface area contributed by atoms with E-state index in [-0.39, 0.29) is 18.0 Å². The number of sulfonamides is 1. The van der Waals surface area contributed by atoms with Crippen molar-refractivity contribution < 1.29 is 22.7 Å². The van der Waals surface area contributed by atoms with Gasteiger partial charge in [0.2, 0.25) is 15.9 Å². The first kappa shape index (κ1) is 21.8. The summed E-state index contributed by atoms with van der Waals surface area (Å²) >= 11 is 0. The average Bonchev–Trinajstić information content (AvgIpc) is 2.74. The predicted molar refractivity (Wildman–Crippen MR) is 110 cm³/mol. The summed E-state index contributed by atoms with van der Waals surface area (Å²) in [6.45, 7) is 5.03. The van der Waals surface area contributed by atoms with Crippen molar-refractivity contribution >= 4 is 15.9 Å². The Balaban J connectivity index is 1.69. The minimum absolute atomic E-state index is 0.0227. The summed E-state index contributed by atoms with van der Waals surface area (Å²) < 4.78 is 38.7. The van der Waals surface area contributed by atoms with Crippen molar-refractivity contribution in [1.29, 1.82) is 0 Å². The highest BCUT2D eigenvalue weighted by molar-refractivity contribution is 7.89. The van der Waals surface area contributed by atoms with Crippen LogP contribution in [-0.2, 0) is 27.9 Å². The van der Waals surface area contributed by atoms with Crippen molar-refractivity contribution in [2.45, 2.75) is 31.8 Å². The number of nitrogens with zero attached hydrogens (tertiary/aromatic N) is 2. The van der Waals surface area contributed by atoms with E-state index in [1.165, 1.54) is 16.6 Å². The van der Waals surface area contributed by atoms with Gasteiger partial charge in [0.05, 0.1) is 4.90 Å². The fourth-order valence-corrected chi connectivity index (χ4v) is 4.59. The zero-order chi connectivity index (χ0) is 21.7. The van der Waals surface area contributed by atoms with E-state index in [0.29, 0.717) is 37.8 Å². The van der Waals surface area contributed by atoms with Crippen molar-refractivity contribution in [2.75, 3.05) is 26.3 Å². The standard InChI is InChI=1S/C20H25N3O6S/c1-3-23(4-2)30(26,27)16-6-8-20(25)22(13-16)14-19(24)21-12-15-5-7-17-18(11-15)29-10-9-28-17/h5-8,11,13H,3-4,9-10,12,14H2,1-2H3,(H,21,24). The highest BCUT2D eigenvalue weighted by atomic mass is 32.2. The highest BCUT2D eigenvalue weighted by Crippen LogP contribution is 2.30. The van der Waals surface area contributed by atoms with Crippen LogP contribution in [0.2, 0.25) is 0 Å². The third-order valence-electron chi connectivity index (χ3n) is 4.71. The minimum Gasteiger partial charge on any atom is -0.486 e. The zero-order valence-corrected chi connectivity index (χ0v) is 17.8. The van der Waals surface area contributed by atoms with Crippen LogP contribution >= 0.6 is 0 Å². The van der Waals surface area contributed by atoms with Gasteiger partial charge < -0.3 is 19.4 Å². The van der Waals surface area contributed by atoms with Crippen LogP contribution in [0.25, 0.3) is 0 Å². The highest BCUT2D eigenvalue weighted by Gasteiger charge is 2.22. The first-order valence-corrected chi connectivity index (χ1v) is 11.1. The molecule has 1 amide bonds. The lowest BCUT2D eigenvalue weighted by Crippen LogP contribution is -2.34. The molecular weight excluding hydrogens is 410 g/mol. The van der Waals surface area contributed by atoms with Gasteiger partial charge >= 0.3 is 0 Å². The molecule has 30 heavy (non-hydrogen) atoms. The number of amides is 1. The second-order valence-corrected chi connectivity index (χ2v) is 8.61. The second-order valence-electron chi connectivity index (χ2n) is 6.68. The second kappa shape index (κ2) is 9.31. The molecule has 0 bridgehead atoms. The van der Waals surface area contributed by atoms with Crippen LogP contribution in [0.5, 0.6) is 11.5 Å². The molecule has 1 aliphatic rings. The Kier molecular flexibility index (Phi) is 6.78. The average molecular weight is 436 g/mol. The van der Waals surface area contributed by atoms with Crippen LogP contribution in [0.3, 0.4) is 0 Å². The molecule has 10 heteroatoms. The van der Waals surface area contributed by atoms with Gasteiger partial charge in [-0.25, -0.2) is 8.42 Å². The number of ether oxygens (including phenoxy) is 2. The number of nitrogens with one attached hydrogen (secondary N) is 1. The fraction of sp³-hybridized carbons (Fsp3) is 0.400. The Bertz CT molecular complexity index is 1080. The Morgan fingerprint density at radius 2 is 1.80 bits per heavy atom. The van der Waals surface area contributed by atoms with E-state index >= 15 is 0 Å². The minimum atomic E-state index is -3.72. The molecule has 162 valence electrons. The molecule has 1 aliphatic heterocycles. The molecule has 2 heterocycles. The van der Waals surface area contributed by atoms with Crippen molar-refractivity contribution in [3.63, 3.8) is 0 Å². The van der Waals surface area contributed by atoms with E-state index in [1.54, 1.807) is 26.0 Å². The van der Waals surface area contributed by atoms with E-state index < -0.39 is 21.5 Å². The van der Waals surface area contributed by atoms with Crippen molar-refractivity contribution in [2.24, 2.45) is 0 Å². The van der Waals surface area contributed by atoms with Crippen LogP contribution in [0.1, 0.15) is 19.4 Å². The van der Waals surface area contributed by atoms with Crippen LogP contribution < -0.4 is 20.3 Å². The quantitative estimate of drug-likeness (QED) is 0.662. The summed E-state index contributed by atoms with van der Waals surface area (Å²) in [6, 6.07) is 7.81. The van der Waals surface area contributed by atoms with E-state index in [4.69, 9.17) is 9.47 Å². The molecule has 0 unspecified atom stereocenters. The Labute approximate surface area is 175 Å². The van der Waals surface area contributed by atoms with Gasteiger partial charge in [0.25, 0.3) is 5.56 Å². The molecule has 0 fully saturated rings. The number of carbonyl (C=O) groups is 1. The lowest BCUT2D eigenvalue weighted by Gasteiger charge is -2.19. The van der Waals surface area contributed by atoms with Crippen LogP contribution in [-0.4, -0.2) is 49.5 Å². The molecule has 0 radical (unpaired) electrons. The topological polar surface area (TPSA) is 107 Å². The van der Waals surface area contributed by atoms with Gasteiger partial charge in [0.15, 0.2) is 11.5 Å². The first-order valence-electron chi connectivity index (χ1n) is 9.71. The first-order chi connectivity index (χ1) is 14.3. The van der Waals surface area contributed by atoms with Gasteiger partial charge in [-0.3, -0.25) is 9.59 Å². The summed E-state index contributed by atoms with van der Waals surface area (Å²) in [7, 11) is -3.72. The molecule has 0 spiro atoms. The molecule has 2 aromatic rings. The van der Waals surface area contributed by atoms with Gasteiger partial charge in [-0.2, -0.15) is 4.31 Å². The predicted octanol–water partition coefficient (Wildman–Crippen LogP) is 0.966. The lowest BCUT2D eigenvalue weighted by molar-refractivity contribution is -0.121. The third-order valence-corrected chi connectivity index (χ3v) is 6.74. The maximum absolute atomic E-state index is 12.7. The van der Waals surface area contributed by atoms with Gasteiger partial charge in [-0.1, -0.05) is 19.9 Å². The molecule has 0 saturated carbocycles. The summed E-state index contributed by atoms with van der Waals surface area (Å²) in [5.74, 6) is 0.872. The summed E-state index contributed by atoms with van der Waals surface area (Å²) in [4.78, 5) is 24.4. The fourth-order valence-electron chi connectivity index (χ4n) is 3.11. The van der Waals surface area contributed by atoms with Gasteiger partial charge in [0, 0.05) is 31.9 Å². The maximum atomic E-state index is 12.7. The Hall–Kier alpha value is -2.85. The van der Waals surface area contributed by atoms with E-state index in [0.717, 1.165) is 16.2 Å². The Morgan fingerprint density at radius 3 is 2.50 bits per heavy atom.